The van der Waals surface area contributed by atoms with Gasteiger partial charge in [-0.1, -0.05) is 182 Å². The number of unbranched alkanes of at least 4 members (excludes halogenated alkanes) is 20. The number of hydrogen-bond donors (Lipinski definition) is 3. The number of aliphatic hydroxyl groups excluding tert-OH is 1. The minimum Gasteiger partial charge on any atom is -0.508 e. The van der Waals surface area contributed by atoms with E-state index in [4.69, 9.17) is 80.7 Å². The van der Waals surface area contributed by atoms with Crippen LogP contribution in [-0.2, 0) is 28.5 Å². The fraction of sp³-hybridized carbons (Fsp3) is 0.342. The predicted octanol–water partition coefficient (Wildman–Crippen LogP) is 26.1. The number of ether oxygens (including phenoxy) is 11. The van der Waals surface area contributed by atoms with Crippen LogP contribution in [0.25, 0.3) is 43.1 Å². The second-order valence-corrected chi connectivity index (χ2v) is 31.2. The maximum Gasteiger partial charge on any atom is 0.343 e. The van der Waals surface area contributed by atoms with Crippen LogP contribution >= 0.6 is 0 Å². The monoisotopic (exact) mass is 1820 g/mol. The minimum absolute atomic E-state index is 0.0506. The normalized spacial score (nSPS) is 10.4. The largest absolute Gasteiger partial charge is 0.508 e. The second kappa shape index (κ2) is 64.3. The summed E-state index contributed by atoms with van der Waals surface area (Å²) in [6.45, 7) is 29.2. The number of benzene rings is 10. The highest BCUT2D eigenvalue weighted by atomic mass is 16.6. The lowest BCUT2D eigenvalue weighted by atomic mass is 10.0. The lowest BCUT2D eigenvalue weighted by Gasteiger charge is -2.13. The molecule has 10 rings (SSSR count). The number of rotatable bonds is 55. The topological polar surface area (TPSA) is 297 Å². The quantitative estimate of drug-likeness (QED) is 0.00797. The number of carbonyl (C=O) groups excluding carboxylic acids is 6. The second-order valence-electron chi connectivity index (χ2n) is 31.2. The zero-order chi connectivity index (χ0) is 95.8. The third-order valence-electron chi connectivity index (χ3n) is 20.8. The van der Waals surface area contributed by atoms with Crippen LogP contribution in [0.2, 0.25) is 0 Å². The van der Waals surface area contributed by atoms with E-state index in [0.29, 0.717) is 98.2 Å². The van der Waals surface area contributed by atoms with Gasteiger partial charge in [-0.05, 0) is 276 Å². The highest BCUT2D eigenvalue weighted by molar-refractivity contribution is 5.96. The fourth-order valence-corrected chi connectivity index (χ4v) is 13.2. The van der Waals surface area contributed by atoms with Crippen LogP contribution < -0.4 is 33.2 Å². The van der Waals surface area contributed by atoms with Crippen LogP contribution in [0.3, 0.4) is 0 Å². The number of nitriles is 1. The van der Waals surface area contributed by atoms with E-state index in [1.807, 2.05) is 121 Å². The molecule has 0 saturated carbocycles. The summed E-state index contributed by atoms with van der Waals surface area (Å²) in [4.78, 5) is 80.0. The van der Waals surface area contributed by atoms with Crippen LogP contribution in [0.15, 0.2) is 256 Å². The highest BCUT2D eigenvalue weighted by Gasteiger charge is 2.21. The van der Waals surface area contributed by atoms with Crippen molar-refractivity contribution in [2.75, 3.05) is 66.1 Å². The molecule has 0 saturated heterocycles. The van der Waals surface area contributed by atoms with Gasteiger partial charge >= 0.3 is 35.8 Å². The zero-order valence-corrected chi connectivity index (χ0v) is 77.1. The molecule has 0 fully saturated rings. The third-order valence-corrected chi connectivity index (χ3v) is 20.8. The molecular formula is C111H125N3O20. The molecule has 0 heterocycles. The van der Waals surface area contributed by atoms with Crippen molar-refractivity contribution >= 4 is 47.2 Å². The van der Waals surface area contributed by atoms with Gasteiger partial charge in [0.05, 0.1) is 95.4 Å². The molecule has 0 aliphatic rings. The average Bonchev–Trinajstić information content (AvgIpc) is 0.827. The molecule has 0 amide bonds. The van der Waals surface area contributed by atoms with Crippen molar-refractivity contribution in [3.8, 4) is 91.2 Å². The van der Waals surface area contributed by atoms with E-state index in [2.05, 4.69) is 42.8 Å². The first-order valence-electron chi connectivity index (χ1n) is 46.2. The van der Waals surface area contributed by atoms with Crippen molar-refractivity contribution in [2.24, 2.45) is 0 Å². The maximum absolute atomic E-state index is 13.2. The summed E-state index contributed by atoms with van der Waals surface area (Å²) in [6, 6.07) is 69.6. The Balaban J connectivity index is 0.000000275. The van der Waals surface area contributed by atoms with Crippen molar-refractivity contribution in [1.82, 2.24) is 0 Å². The van der Waals surface area contributed by atoms with E-state index in [-0.39, 0.29) is 47.3 Å². The Hall–Kier alpha value is -14.5. The lowest BCUT2D eigenvalue weighted by Crippen LogP contribution is -2.12. The van der Waals surface area contributed by atoms with Gasteiger partial charge in [0.25, 0.3) is 0 Å². The van der Waals surface area contributed by atoms with E-state index in [0.717, 1.165) is 224 Å². The highest BCUT2D eigenvalue weighted by Crippen LogP contribution is 2.32. The first-order valence-corrected chi connectivity index (χ1v) is 46.2. The first-order chi connectivity index (χ1) is 65.5. The van der Waals surface area contributed by atoms with Crippen LogP contribution in [0.4, 0.5) is 11.4 Å². The third kappa shape index (κ3) is 42.2. The fourth-order valence-electron chi connectivity index (χ4n) is 13.2. The number of phenolic OH excluding ortho intramolecular Hbond substituents is 2. The summed E-state index contributed by atoms with van der Waals surface area (Å²) in [6.07, 6.45) is 27.2. The van der Waals surface area contributed by atoms with Crippen LogP contribution in [-0.4, -0.2) is 117 Å². The van der Waals surface area contributed by atoms with Gasteiger partial charge < -0.3 is 67.4 Å². The van der Waals surface area contributed by atoms with Crippen molar-refractivity contribution in [2.45, 2.75) is 181 Å². The maximum atomic E-state index is 13.2. The Morgan fingerprint density at radius 3 is 0.970 bits per heavy atom. The first kappa shape index (κ1) is 107. The summed E-state index contributed by atoms with van der Waals surface area (Å²) in [5, 5.41) is 36.9. The Bertz CT molecular complexity index is 5270. The predicted molar refractivity (Wildman–Crippen MR) is 521 cm³/mol. The number of hydrogen-bond acceptors (Lipinski definition) is 21. The average molecular weight is 1820 g/mol. The van der Waals surface area contributed by atoms with Gasteiger partial charge in [0.15, 0.2) is 11.4 Å². The van der Waals surface area contributed by atoms with Crippen molar-refractivity contribution in [1.29, 1.82) is 5.26 Å². The molecule has 0 unspecified atom stereocenters. The molecule has 3 N–H and O–H groups in total. The molecule has 0 atom stereocenters. The molecule has 0 spiro atoms. The smallest absolute Gasteiger partial charge is 0.343 e. The van der Waals surface area contributed by atoms with Gasteiger partial charge in [0.1, 0.15) is 62.9 Å². The van der Waals surface area contributed by atoms with Gasteiger partial charge in [-0.3, -0.25) is 0 Å². The number of aliphatic hydroxyl groups is 1. The van der Waals surface area contributed by atoms with Gasteiger partial charge in [-0.2, -0.15) is 5.26 Å². The molecule has 0 aliphatic carbocycles. The van der Waals surface area contributed by atoms with Crippen molar-refractivity contribution in [3.05, 3.63) is 306 Å². The molecule has 23 nitrogen and oxygen atoms in total. The number of carbonyl (C=O) groups is 6. The van der Waals surface area contributed by atoms with Crippen molar-refractivity contribution < 1.29 is 96.2 Å². The summed E-state index contributed by atoms with van der Waals surface area (Å²) in [5.74, 6) is 0.536. The van der Waals surface area contributed by atoms with Gasteiger partial charge in [0, 0.05) is 18.8 Å². The van der Waals surface area contributed by atoms with E-state index in [1.54, 1.807) is 84.9 Å². The van der Waals surface area contributed by atoms with E-state index < -0.39 is 35.8 Å². The molecule has 10 aromatic carbocycles. The number of esters is 6. The van der Waals surface area contributed by atoms with E-state index >= 15 is 0 Å². The summed E-state index contributed by atoms with van der Waals surface area (Å²) >= 11 is 0. The number of nitrogens with zero attached hydrogens (tertiary/aromatic N) is 3. The Kier molecular flexibility index (Phi) is 51.2. The number of aromatic hydroxyl groups is 2. The number of phenols is 2. The lowest BCUT2D eigenvalue weighted by molar-refractivity contribution is -0.138. The van der Waals surface area contributed by atoms with Crippen LogP contribution in [0, 0.1) is 24.5 Å². The molecular weight excluding hydrogens is 1700 g/mol. The summed E-state index contributed by atoms with van der Waals surface area (Å²) < 4.78 is 61.1. The SMILES string of the molecule is C=CC(=O)OCCCCCCOc1ccc(C(=O)Oc2ccc(O)c(C(=O)OCCCCCCC)c2)cc1.C=CC(=O)OCCCCCCOc1ccc(C(=O)Oc2ccc(OCCCCCCOc3ccc(-c4ccc(C#N)cc4)cc3)c(C(=O)OCCCCCCC)c2)cc1.[C-]#[N+]c1ccc(-c2ccc(O)cc2)cc1.[C-]#[N+]c1ccc(-c2ccc(OCCCCCCO)cc2)cc1. The molecule has 23 heteroatoms. The van der Waals surface area contributed by atoms with Crippen molar-refractivity contribution in [3.63, 3.8) is 0 Å². The Labute approximate surface area is 788 Å². The molecule has 0 aliphatic heterocycles. The molecule has 0 bridgehead atoms. The van der Waals surface area contributed by atoms with Gasteiger partial charge in [-0.15, -0.1) is 0 Å². The van der Waals surface area contributed by atoms with Gasteiger partial charge in [-0.25, -0.2) is 38.5 Å². The van der Waals surface area contributed by atoms with Crippen LogP contribution in [0.5, 0.6) is 51.7 Å². The standard InChI is InChI=1S/C49H57NO9.C30H38O8.C19H21NO2.C13H9NO/c1-3-5-6-7-16-35-58-49(53)45-36-44(59-48(52)41-23-27-43(28-24-41)55-32-13-9-11-15-34-57-47(51)4-2)29-30-46(45)56-33-14-10-8-12-31-54-42-25-21-40(22-26-42)39-19-17-38(37-50)18-20-39;1-3-5-6-7-12-21-37-30(34)26-22-25(17-18-27(26)31)38-29(33)23-13-15-24(16-14-23)35-19-10-8-9-11-20-36-28(32)4-2;1-20-18-10-6-16(7-11-18)17-8-12-19(13-9-17)22-15-5-3-2-4-14-21;1-14-12-6-2-10(3-7-12)11-4-8-13(15)9-5-11/h4,17-30,36H,2-3,5-16,31-35H2,1H3;4,13-18,22,31H,2-3,5-12,19-21H2,1H3;6-13,21H,2-5,14-15H2;2-9,15H. The molecule has 0 aromatic heterocycles. The van der Waals surface area contributed by atoms with E-state index in [9.17, 15) is 33.9 Å². The zero-order valence-electron chi connectivity index (χ0n) is 77.1. The Morgan fingerprint density at radius 1 is 0.328 bits per heavy atom. The minimum atomic E-state index is -0.659. The summed E-state index contributed by atoms with van der Waals surface area (Å²) in [7, 11) is 0. The summed E-state index contributed by atoms with van der Waals surface area (Å²) in [5.41, 5.74) is 9.15. The molecule has 134 heavy (non-hydrogen) atoms. The van der Waals surface area contributed by atoms with E-state index in [1.165, 1.54) is 24.3 Å². The van der Waals surface area contributed by atoms with Gasteiger partial charge in [0.2, 0.25) is 0 Å². The molecule has 10 aromatic rings. The molecule has 704 valence electrons. The van der Waals surface area contributed by atoms with Crippen LogP contribution in [0.1, 0.15) is 228 Å². The Morgan fingerprint density at radius 2 is 0.619 bits per heavy atom. The molecule has 0 radical (unpaired) electrons.